The van der Waals surface area contributed by atoms with Gasteiger partial charge in [0.2, 0.25) is 10.0 Å². The minimum absolute atomic E-state index is 0.141. The number of amides is 1. The average Bonchev–Trinajstić information content (AvgIpc) is 3.30. The van der Waals surface area contributed by atoms with Gasteiger partial charge in [0.15, 0.2) is 0 Å². The molecule has 2 heterocycles. The van der Waals surface area contributed by atoms with Crippen molar-refractivity contribution in [1.82, 2.24) is 9.62 Å². The van der Waals surface area contributed by atoms with E-state index >= 15 is 0 Å². The monoisotopic (exact) mass is 386 g/mol. The predicted molar refractivity (Wildman–Crippen MR) is 97.4 cm³/mol. The third-order valence-electron chi connectivity index (χ3n) is 4.57. The van der Waals surface area contributed by atoms with Crippen LogP contribution in [0.3, 0.4) is 0 Å². The van der Waals surface area contributed by atoms with E-state index in [0.717, 1.165) is 38.2 Å². The van der Waals surface area contributed by atoms with Gasteiger partial charge in [-0.15, -0.1) is 11.3 Å². The number of rotatable bonds is 9. The van der Waals surface area contributed by atoms with Gasteiger partial charge >= 0.3 is 0 Å². The summed E-state index contributed by atoms with van der Waals surface area (Å²) in [5.74, 6) is 0.427. The quantitative estimate of drug-likeness (QED) is 0.662. The summed E-state index contributed by atoms with van der Waals surface area (Å²) in [5.41, 5.74) is 0. The molecule has 1 N–H and O–H groups in total. The van der Waals surface area contributed by atoms with Crippen LogP contribution in [0.15, 0.2) is 16.3 Å². The number of sulfonamides is 1. The molecule has 2 aliphatic rings. The molecule has 1 amide bonds. The number of hydrogen-bond donors (Lipinski definition) is 1. The van der Waals surface area contributed by atoms with Crippen LogP contribution >= 0.6 is 11.3 Å². The number of piperidine rings is 1. The Morgan fingerprint density at radius 2 is 2.04 bits per heavy atom. The van der Waals surface area contributed by atoms with E-state index in [0.29, 0.717) is 26.2 Å². The normalized spacial score (nSPS) is 19.0. The van der Waals surface area contributed by atoms with Crippen LogP contribution in [0.25, 0.3) is 0 Å². The van der Waals surface area contributed by atoms with Gasteiger partial charge in [-0.1, -0.05) is 6.42 Å². The van der Waals surface area contributed by atoms with Crippen molar-refractivity contribution >= 4 is 27.3 Å². The van der Waals surface area contributed by atoms with Crippen LogP contribution in [0.2, 0.25) is 0 Å². The Bertz CT molecular complexity index is 677. The fourth-order valence-corrected chi connectivity index (χ4v) is 5.74. The SMILES string of the molecule is O=C(NCCCOCC1CC1)c1sccc1S(=O)(=O)N1CCCCC1. The predicted octanol–water partition coefficient (Wildman–Crippen LogP) is 2.47. The van der Waals surface area contributed by atoms with Crippen molar-refractivity contribution in [2.75, 3.05) is 32.8 Å². The van der Waals surface area contributed by atoms with Crippen LogP contribution in [0, 0.1) is 5.92 Å². The highest BCUT2D eigenvalue weighted by molar-refractivity contribution is 7.89. The minimum Gasteiger partial charge on any atom is -0.381 e. The van der Waals surface area contributed by atoms with Gasteiger partial charge in [0.25, 0.3) is 5.91 Å². The third-order valence-corrected chi connectivity index (χ3v) is 7.55. The summed E-state index contributed by atoms with van der Waals surface area (Å²) in [6.07, 6.45) is 6.09. The van der Waals surface area contributed by atoms with Crippen molar-refractivity contribution in [1.29, 1.82) is 0 Å². The molecule has 3 rings (SSSR count). The average molecular weight is 387 g/mol. The lowest BCUT2D eigenvalue weighted by Crippen LogP contribution is -2.36. The number of carbonyl (C=O) groups is 1. The molecule has 0 aromatic carbocycles. The Balaban J connectivity index is 1.51. The molecule has 1 aliphatic carbocycles. The van der Waals surface area contributed by atoms with E-state index in [1.165, 1.54) is 28.5 Å². The summed E-state index contributed by atoms with van der Waals surface area (Å²) in [5, 5.41) is 4.48. The highest BCUT2D eigenvalue weighted by atomic mass is 32.2. The number of carbonyl (C=O) groups excluding carboxylic acids is 1. The molecule has 8 heteroatoms. The summed E-state index contributed by atoms with van der Waals surface area (Å²) in [7, 11) is -3.58. The summed E-state index contributed by atoms with van der Waals surface area (Å²) < 4.78 is 32.6. The number of thiophene rings is 1. The van der Waals surface area contributed by atoms with E-state index in [9.17, 15) is 13.2 Å². The first-order valence-corrected chi connectivity index (χ1v) is 11.3. The zero-order valence-corrected chi connectivity index (χ0v) is 16.0. The molecular formula is C17H26N2O4S2. The molecular weight excluding hydrogens is 360 g/mol. The number of ether oxygens (including phenoxy) is 1. The molecule has 1 saturated heterocycles. The molecule has 0 radical (unpaired) electrons. The van der Waals surface area contributed by atoms with Crippen molar-refractivity contribution in [2.24, 2.45) is 5.92 Å². The molecule has 140 valence electrons. The van der Waals surface area contributed by atoms with E-state index in [1.54, 1.807) is 11.4 Å². The van der Waals surface area contributed by atoms with Crippen molar-refractivity contribution in [3.63, 3.8) is 0 Å². The summed E-state index contributed by atoms with van der Waals surface area (Å²) >= 11 is 1.18. The van der Waals surface area contributed by atoms with Crippen LogP contribution in [0.1, 0.15) is 48.2 Å². The lowest BCUT2D eigenvalue weighted by molar-refractivity contribution is 0.0938. The van der Waals surface area contributed by atoms with E-state index < -0.39 is 10.0 Å². The van der Waals surface area contributed by atoms with Crippen molar-refractivity contribution in [2.45, 2.75) is 43.4 Å². The van der Waals surface area contributed by atoms with Crippen LogP contribution < -0.4 is 5.32 Å². The van der Waals surface area contributed by atoms with Gasteiger partial charge < -0.3 is 10.1 Å². The molecule has 1 aromatic heterocycles. The maximum Gasteiger partial charge on any atom is 0.262 e. The van der Waals surface area contributed by atoms with Gasteiger partial charge in [-0.05, 0) is 49.5 Å². The summed E-state index contributed by atoms with van der Waals surface area (Å²) in [6.45, 7) is 3.01. The smallest absolute Gasteiger partial charge is 0.262 e. The topological polar surface area (TPSA) is 75.7 Å². The lowest BCUT2D eigenvalue weighted by Gasteiger charge is -2.25. The van der Waals surface area contributed by atoms with E-state index in [2.05, 4.69) is 5.32 Å². The van der Waals surface area contributed by atoms with Gasteiger partial charge in [-0.2, -0.15) is 4.31 Å². The standard InChI is InChI=1S/C17H26N2O4S2/c20-17(18-8-4-11-23-13-14-5-6-14)16-15(7-12-24-16)25(21,22)19-9-2-1-3-10-19/h7,12,14H,1-6,8-11,13H2,(H,18,20). The number of nitrogens with one attached hydrogen (secondary N) is 1. The van der Waals surface area contributed by atoms with E-state index in [-0.39, 0.29) is 15.7 Å². The molecule has 0 spiro atoms. The molecule has 1 aliphatic heterocycles. The molecule has 0 unspecified atom stereocenters. The Hall–Kier alpha value is -0.960. The largest absolute Gasteiger partial charge is 0.381 e. The molecule has 6 nitrogen and oxygen atoms in total. The molecule has 1 saturated carbocycles. The first-order valence-electron chi connectivity index (χ1n) is 9.02. The van der Waals surface area contributed by atoms with Gasteiger partial charge in [0.05, 0.1) is 0 Å². The fraction of sp³-hybridized carbons (Fsp3) is 0.706. The summed E-state index contributed by atoms with van der Waals surface area (Å²) in [4.78, 5) is 12.8. The van der Waals surface area contributed by atoms with Gasteiger partial charge in [-0.3, -0.25) is 4.79 Å². The van der Waals surface area contributed by atoms with Gasteiger partial charge in [-0.25, -0.2) is 8.42 Å². The zero-order chi connectivity index (χ0) is 17.7. The van der Waals surface area contributed by atoms with Crippen LogP contribution in [-0.4, -0.2) is 51.5 Å². The Morgan fingerprint density at radius 1 is 1.28 bits per heavy atom. The molecule has 0 atom stereocenters. The number of hydrogen-bond acceptors (Lipinski definition) is 5. The number of nitrogens with zero attached hydrogens (tertiary/aromatic N) is 1. The molecule has 1 aromatic rings. The van der Waals surface area contributed by atoms with Crippen LogP contribution in [-0.2, 0) is 14.8 Å². The van der Waals surface area contributed by atoms with Crippen molar-refractivity contribution in [3.8, 4) is 0 Å². The van der Waals surface area contributed by atoms with E-state index in [4.69, 9.17) is 4.74 Å². The van der Waals surface area contributed by atoms with Crippen molar-refractivity contribution < 1.29 is 17.9 Å². The Morgan fingerprint density at radius 3 is 2.76 bits per heavy atom. The van der Waals surface area contributed by atoms with E-state index in [1.807, 2.05) is 0 Å². The highest BCUT2D eigenvalue weighted by Gasteiger charge is 2.30. The lowest BCUT2D eigenvalue weighted by atomic mass is 10.2. The maximum atomic E-state index is 12.8. The first-order chi connectivity index (χ1) is 12.1. The molecule has 0 bridgehead atoms. The van der Waals surface area contributed by atoms with Crippen LogP contribution in [0.5, 0.6) is 0 Å². The summed E-state index contributed by atoms with van der Waals surface area (Å²) in [6, 6.07) is 1.54. The van der Waals surface area contributed by atoms with Gasteiger partial charge in [0.1, 0.15) is 9.77 Å². The van der Waals surface area contributed by atoms with Gasteiger partial charge in [0, 0.05) is 32.8 Å². The zero-order valence-electron chi connectivity index (χ0n) is 14.4. The Labute approximate surface area is 153 Å². The maximum absolute atomic E-state index is 12.8. The Kier molecular flexibility index (Phi) is 6.49. The second kappa shape index (κ2) is 8.62. The molecule has 2 fully saturated rings. The highest BCUT2D eigenvalue weighted by Crippen LogP contribution is 2.29. The fourth-order valence-electron chi connectivity index (χ4n) is 2.90. The molecule has 25 heavy (non-hydrogen) atoms. The van der Waals surface area contributed by atoms with Crippen LogP contribution in [0.4, 0.5) is 0 Å². The second-order valence-corrected chi connectivity index (χ2v) is 9.53. The second-order valence-electron chi connectivity index (χ2n) is 6.71. The third kappa shape index (κ3) is 5.03. The minimum atomic E-state index is -3.58. The first kappa shape index (κ1) is 18.8. The van der Waals surface area contributed by atoms with Crippen molar-refractivity contribution in [3.05, 3.63) is 16.3 Å².